The molecule has 3 rings (SSSR count). The van der Waals surface area contributed by atoms with Gasteiger partial charge in [0.05, 0.1) is 13.7 Å². The molecule has 0 saturated carbocycles. The summed E-state index contributed by atoms with van der Waals surface area (Å²) >= 11 is 0. The Morgan fingerprint density at radius 2 is 1.88 bits per heavy atom. The van der Waals surface area contributed by atoms with Gasteiger partial charge in [-0.15, -0.1) is 0 Å². The van der Waals surface area contributed by atoms with E-state index in [0.29, 0.717) is 31.6 Å². The Hall–Kier alpha value is -3.02. The lowest BCUT2D eigenvalue weighted by Gasteiger charge is -2.17. The molecular formula is C19H20N2O4. The first-order valence-corrected chi connectivity index (χ1v) is 8.13. The van der Waals surface area contributed by atoms with Crippen LogP contribution in [0.2, 0.25) is 0 Å². The number of benzene rings is 2. The summed E-state index contributed by atoms with van der Waals surface area (Å²) in [7, 11) is 1.61. The summed E-state index contributed by atoms with van der Waals surface area (Å²) in [5.41, 5.74) is 2.36. The van der Waals surface area contributed by atoms with Crippen LogP contribution in [0.3, 0.4) is 0 Å². The van der Waals surface area contributed by atoms with Crippen molar-refractivity contribution in [2.24, 2.45) is 0 Å². The largest absolute Gasteiger partial charge is 0.497 e. The molecule has 0 unspecified atom stereocenters. The van der Waals surface area contributed by atoms with Crippen LogP contribution in [0.15, 0.2) is 42.5 Å². The van der Waals surface area contributed by atoms with Crippen molar-refractivity contribution in [3.63, 3.8) is 0 Å². The maximum Gasteiger partial charge on any atom is 0.251 e. The second kappa shape index (κ2) is 7.70. The highest BCUT2D eigenvalue weighted by molar-refractivity contribution is 5.97. The molecule has 1 heterocycles. The Bertz CT molecular complexity index is 771. The maximum atomic E-state index is 12.2. The lowest BCUT2D eigenvalue weighted by molar-refractivity contribution is -0.116. The third kappa shape index (κ3) is 4.29. The van der Waals surface area contributed by atoms with Gasteiger partial charge >= 0.3 is 0 Å². The molecule has 2 amide bonds. The molecule has 0 saturated heterocycles. The van der Waals surface area contributed by atoms with E-state index in [-0.39, 0.29) is 11.8 Å². The molecule has 0 aromatic heterocycles. The Labute approximate surface area is 146 Å². The molecule has 0 radical (unpaired) electrons. The van der Waals surface area contributed by atoms with E-state index in [0.717, 1.165) is 22.7 Å². The second-order valence-electron chi connectivity index (χ2n) is 5.70. The number of carbonyl (C=O) groups is 2. The van der Waals surface area contributed by atoms with Gasteiger partial charge in [0, 0.05) is 17.7 Å². The lowest BCUT2D eigenvalue weighted by atomic mass is 10.00. The van der Waals surface area contributed by atoms with E-state index in [1.54, 1.807) is 19.2 Å². The van der Waals surface area contributed by atoms with E-state index in [1.165, 1.54) is 0 Å². The standard InChI is InChI=1S/C19H20N2O4/c1-24-15-4-6-16(7-5-15)25-11-10-20-19(23)14-2-8-17-13(12-14)3-9-18(22)21-17/h2,4-8,12H,3,9-11H2,1H3,(H,20,23)(H,21,22). The molecule has 0 fully saturated rings. The van der Waals surface area contributed by atoms with Gasteiger partial charge in [-0.2, -0.15) is 0 Å². The van der Waals surface area contributed by atoms with E-state index in [9.17, 15) is 9.59 Å². The number of fused-ring (bicyclic) bond motifs is 1. The number of hydrogen-bond donors (Lipinski definition) is 2. The third-order valence-electron chi connectivity index (χ3n) is 3.98. The molecule has 2 N–H and O–H groups in total. The van der Waals surface area contributed by atoms with Gasteiger partial charge in [-0.25, -0.2) is 0 Å². The van der Waals surface area contributed by atoms with Gasteiger partial charge in [-0.3, -0.25) is 9.59 Å². The first-order chi connectivity index (χ1) is 12.2. The Balaban J connectivity index is 1.48. The van der Waals surface area contributed by atoms with Crippen molar-refractivity contribution in [1.29, 1.82) is 0 Å². The van der Waals surface area contributed by atoms with Crippen LogP contribution in [0.4, 0.5) is 5.69 Å². The summed E-state index contributed by atoms with van der Waals surface area (Å²) < 4.78 is 10.7. The number of anilines is 1. The average Bonchev–Trinajstić information content (AvgIpc) is 2.65. The van der Waals surface area contributed by atoms with E-state index in [2.05, 4.69) is 10.6 Å². The van der Waals surface area contributed by atoms with Crippen LogP contribution < -0.4 is 20.1 Å². The summed E-state index contributed by atoms with van der Waals surface area (Å²) in [4.78, 5) is 23.6. The molecule has 2 aromatic carbocycles. The Kier molecular flexibility index (Phi) is 5.18. The number of nitrogens with one attached hydrogen (secondary N) is 2. The minimum Gasteiger partial charge on any atom is -0.497 e. The van der Waals surface area contributed by atoms with Gasteiger partial charge in [-0.05, 0) is 54.4 Å². The molecule has 130 valence electrons. The van der Waals surface area contributed by atoms with Crippen LogP contribution in [0.1, 0.15) is 22.3 Å². The van der Waals surface area contributed by atoms with Crippen molar-refractivity contribution < 1.29 is 19.1 Å². The zero-order valence-corrected chi connectivity index (χ0v) is 14.0. The molecule has 0 bridgehead atoms. The zero-order chi connectivity index (χ0) is 17.6. The minimum absolute atomic E-state index is 0.0142. The smallest absolute Gasteiger partial charge is 0.251 e. The number of rotatable bonds is 6. The van der Waals surface area contributed by atoms with E-state index in [1.807, 2.05) is 30.3 Å². The summed E-state index contributed by atoms with van der Waals surface area (Å²) in [6.45, 7) is 0.776. The van der Waals surface area contributed by atoms with E-state index in [4.69, 9.17) is 9.47 Å². The van der Waals surface area contributed by atoms with Crippen LogP contribution >= 0.6 is 0 Å². The van der Waals surface area contributed by atoms with E-state index >= 15 is 0 Å². The summed E-state index contributed by atoms with van der Waals surface area (Å²) in [5, 5.41) is 5.64. The molecule has 2 aromatic rings. The monoisotopic (exact) mass is 340 g/mol. The van der Waals surface area contributed by atoms with E-state index < -0.39 is 0 Å². The Morgan fingerprint density at radius 1 is 1.12 bits per heavy atom. The minimum atomic E-state index is -0.155. The van der Waals surface area contributed by atoms with Crippen LogP contribution in [0.25, 0.3) is 0 Å². The van der Waals surface area contributed by atoms with Crippen LogP contribution in [0.5, 0.6) is 11.5 Å². The molecule has 0 spiro atoms. The first-order valence-electron chi connectivity index (χ1n) is 8.13. The fourth-order valence-corrected chi connectivity index (χ4v) is 2.63. The van der Waals surface area contributed by atoms with Gasteiger partial charge in [0.25, 0.3) is 5.91 Å². The molecule has 6 heteroatoms. The van der Waals surface area contributed by atoms with Gasteiger partial charge in [0.2, 0.25) is 5.91 Å². The summed E-state index contributed by atoms with van der Waals surface area (Å²) in [6.07, 6.45) is 1.11. The number of carbonyl (C=O) groups excluding carboxylic acids is 2. The van der Waals surface area contributed by atoms with Crippen molar-refractivity contribution in [3.8, 4) is 11.5 Å². The first kappa shape index (κ1) is 16.8. The molecule has 0 aliphatic carbocycles. The molecule has 25 heavy (non-hydrogen) atoms. The number of hydrogen-bond acceptors (Lipinski definition) is 4. The number of methoxy groups -OCH3 is 1. The summed E-state index contributed by atoms with van der Waals surface area (Å²) in [6, 6.07) is 12.6. The van der Waals surface area contributed by atoms with Crippen LogP contribution in [-0.4, -0.2) is 32.1 Å². The van der Waals surface area contributed by atoms with Crippen molar-refractivity contribution >= 4 is 17.5 Å². The fraction of sp³-hybridized carbons (Fsp3) is 0.263. The molecule has 0 atom stereocenters. The predicted molar refractivity (Wildman–Crippen MR) is 94.2 cm³/mol. The summed E-state index contributed by atoms with van der Waals surface area (Å²) in [5.74, 6) is 1.35. The quantitative estimate of drug-likeness (QED) is 0.792. The molecule has 1 aliphatic rings. The lowest BCUT2D eigenvalue weighted by Crippen LogP contribution is -2.28. The average molecular weight is 340 g/mol. The van der Waals surface area contributed by atoms with Crippen molar-refractivity contribution in [2.45, 2.75) is 12.8 Å². The highest BCUT2D eigenvalue weighted by Crippen LogP contribution is 2.23. The number of aryl methyl sites for hydroxylation is 1. The van der Waals surface area contributed by atoms with Gasteiger partial charge in [0.15, 0.2) is 0 Å². The van der Waals surface area contributed by atoms with Gasteiger partial charge in [0.1, 0.15) is 18.1 Å². The third-order valence-corrected chi connectivity index (χ3v) is 3.98. The van der Waals surface area contributed by atoms with Crippen molar-refractivity contribution in [2.75, 3.05) is 25.6 Å². The van der Waals surface area contributed by atoms with Gasteiger partial charge in [-0.1, -0.05) is 0 Å². The maximum absolute atomic E-state index is 12.2. The predicted octanol–water partition coefficient (Wildman–Crippen LogP) is 2.39. The molecule has 6 nitrogen and oxygen atoms in total. The normalized spacial score (nSPS) is 12.8. The van der Waals surface area contributed by atoms with Crippen molar-refractivity contribution in [1.82, 2.24) is 5.32 Å². The zero-order valence-electron chi connectivity index (χ0n) is 14.0. The Morgan fingerprint density at radius 3 is 2.64 bits per heavy atom. The highest BCUT2D eigenvalue weighted by Gasteiger charge is 2.16. The van der Waals surface area contributed by atoms with Crippen molar-refractivity contribution in [3.05, 3.63) is 53.6 Å². The SMILES string of the molecule is COc1ccc(OCCNC(=O)c2ccc3c(c2)CCC(=O)N3)cc1. The highest BCUT2D eigenvalue weighted by atomic mass is 16.5. The van der Waals surface area contributed by atoms with Gasteiger partial charge < -0.3 is 20.1 Å². The molecular weight excluding hydrogens is 320 g/mol. The molecule has 1 aliphatic heterocycles. The fourth-order valence-electron chi connectivity index (χ4n) is 2.63. The number of ether oxygens (including phenoxy) is 2. The number of amides is 2. The topological polar surface area (TPSA) is 76.7 Å². The second-order valence-corrected chi connectivity index (χ2v) is 5.70. The van der Waals surface area contributed by atoms with Crippen LogP contribution in [0, 0.1) is 0 Å². The van der Waals surface area contributed by atoms with Crippen LogP contribution in [-0.2, 0) is 11.2 Å².